The van der Waals surface area contributed by atoms with Gasteiger partial charge >= 0.3 is 5.97 Å². The van der Waals surface area contributed by atoms with Crippen molar-refractivity contribution in [3.63, 3.8) is 0 Å². The molecule has 1 saturated heterocycles. The maximum atomic E-state index is 13.5. The molecule has 1 fully saturated rings. The van der Waals surface area contributed by atoms with Gasteiger partial charge in [0.05, 0.1) is 5.92 Å². The zero-order valence-electron chi connectivity index (χ0n) is 10.4. The lowest BCUT2D eigenvalue weighted by molar-refractivity contribution is -0.143. The first-order valence-electron chi connectivity index (χ1n) is 6.07. The Kier molecular flexibility index (Phi) is 3.96. The normalized spacial score (nSPS) is 18.9. The van der Waals surface area contributed by atoms with E-state index in [1.165, 1.54) is 0 Å². The number of nitrogens with zero attached hydrogens (tertiary/aromatic N) is 1. The molecule has 1 aromatic rings. The average Bonchev–Trinajstić information content (AvgIpc) is 2.43. The third-order valence-electron chi connectivity index (χ3n) is 3.32. The summed E-state index contributed by atoms with van der Waals surface area (Å²) in [6.07, 6.45) is 0.814. The summed E-state index contributed by atoms with van der Waals surface area (Å²) in [6, 6.07) is 1.27. The summed E-state index contributed by atoms with van der Waals surface area (Å²) in [7, 11) is 0. The van der Waals surface area contributed by atoms with Crippen LogP contribution in [0, 0.1) is 23.4 Å². The fraction of sp³-hybridized carbons (Fsp3) is 0.385. The molecule has 1 aliphatic rings. The first kappa shape index (κ1) is 14.4. The number of carboxylic acid groups (broad SMARTS) is 1. The Balaban J connectivity index is 2.28. The van der Waals surface area contributed by atoms with Gasteiger partial charge in [-0.05, 0) is 25.0 Å². The zero-order valence-corrected chi connectivity index (χ0v) is 10.4. The van der Waals surface area contributed by atoms with E-state index >= 15 is 0 Å². The number of amides is 1. The minimum atomic E-state index is -1.55. The molecule has 20 heavy (non-hydrogen) atoms. The number of piperidine rings is 1. The fourth-order valence-corrected chi connectivity index (χ4v) is 2.24. The van der Waals surface area contributed by atoms with Crippen molar-refractivity contribution in [2.45, 2.75) is 12.8 Å². The predicted octanol–water partition coefficient (Wildman–Crippen LogP) is 2.04. The van der Waals surface area contributed by atoms with E-state index in [4.69, 9.17) is 5.11 Å². The molecule has 0 spiro atoms. The van der Waals surface area contributed by atoms with E-state index in [-0.39, 0.29) is 13.1 Å². The molecule has 7 heteroatoms. The first-order chi connectivity index (χ1) is 9.41. The van der Waals surface area contributed by atoms with Crippen LogP contribution in [0.1, 0.15) is 23.2 Å². The summed E-state index contributed by atoms with van der Waals surface area (Å²) >= 11 is 0. The number of carboxylic acids is 1. The third-order valence-corrected chi connectivity index (χ3v) is 3.32. The lowest BCUT2D eigenvalue weighted by Gasteiger charge is -2.30. The summed E-state index contributed by atoms with van der Waals surface area (Å²) in [6.45, 7) is 0.0571. The highest BCUT2D eigenvalue weighted by molar-refractivity contribution is 5.95. The Labute approximate surface area is 112 Å². The Bertz CT molecular complexity index is 562. The first-order valence-corrected chi connectivity index (χ1v) is 6.07. The minimum Gasteiger partial charge on any atom is -0.481 e. The second-order valence-corrected chi connectivity index (χ2v) is 4.65. The number of hydrogen-bond acceptors (Lipinski definition) is 2. The molecular weight excluding hydrogens is 275 g/mol. The molecule has 1 atom stereocenters. The van der Waals surface area contributed by atoms with Crippen molar-refractivity contribution in [1.29, 1.82) is 0 Å². The topological polar surface area (TPSA) is 57.6 Å². The van der Waals surface area contributed by atoms with E-state index in [0.29, 0.717) is 25.0 Å². The van der Waals surface area contributed by atoms with E-state index in [1.807, 2.05) is 0 Å². The van der Waals surface area contributed by atoms with E-state index < -0.39 is 40.8 Å². The molecule has 0 radical (unpaired) electrons. The molecule has 1 N–H and O–H groups in total. The Morgan fingerprint density at radius 2 is 1.85 bits per heavy atom. The van der Waals surface area contributed by atoms with E-state index in [1.54, 1.807) is 0 Å². The van der Waals surface area contributed by atoms with Crippen LogP contribution in [0.15, 0.2) is 12.1 Å². The van der Waals surface area contributed by atoms with Gasteiger partial charge in [0.25, 0.3) is 5.91 Å². The minimum absolute atomic E-state index is 0.135. The van der Waals surface area contributed by atoms with Crippen molar-refractivity contribution < 1.29 is 27.9 Å². The van der Waals surface area contributed by atoms with Crippen LogP contribution < -0.4 is 0 Å². The lowest BCUT2D eigenvalue weighted by Crippen LogP contribution is -2.43. The van der Waals surface area contributed by atoms with Gasteiger partial charge < -0.3 is 10.0 Å². The van der Waals surface area contributed by atoms with Crippen LogP contribution in [0.25, 0.3) is 0 Å². The van der Waals surface area contributed by atoms with Gasteiger partial charge in [0, 0.05) is 13.1 Å². The number of benzene rings is 1. The Hall–Kier alpha value is -2.05. The van der Waals surface area contributed by atoms with Gasteiger partial charge in [0.1, 0.15) is 11.4 Å². The second-order valence-electron chi connectivity index (χ2n) is 4.65. The maximum Gasteiger partial charge on any atom is 0.308 e. The molecular formula is C13H12F3NO3. The summed E-state index contributed by atoms with van der Waals surface area (Å²) in [5.41, 5.74) is -0.976. The molecule has 0 aliphatic carbocycles. The fourth-order valence-electron chi connectivity index (χ4n) is 2.24. The monoisotopic (exact) mass is 287 g/mol. The SMILES string of the molecule is O=C(O)C1CCCN(C(=O)c2c(F)ccc(F)c2F)C1. The molecule has 0 saturated carbocycles. The molecule has 0 aromatic heterocycles. The standard InChI is InChI=1S/C13H12F3NO3/c14-8-3-4-9(15)11(16)10(8)12(18)17-5-1-2-7(6-17)13(19)20/h3-4,7H,1-2,5-6H2,(H,19,20). The van der Waals surface area contributed by atoms with Crippen molar-refractivity contribution in [2.24, 2.45) is 5.92 Å². The third kappa shape index (κ3) is 2.61. The number of carbonyl (C=O) groups is 2. The van der Waals surface area contributed by atoms with Gasteiger partial charge in [-0.25, -0.2) is 13.2 Å². The summed E-state index contributed by atoms with van der Waals surface area (Å²) in [4.78, 5) is 24.0. The zero-order chi connectivity index (χ0) is 14.9. The maximum absolute atomic E-state index is 13.5. The van der Waals surface area contributed by atoms with Gasteiger partial charge in [-0.3, -0.25) is 9.59 Å². The Morgan fingerprint density at radius 3 is 2.50 bits per heavy atom. The molecule has 1 amide bonds. The highest BCUT2D eigenvalue weighted by atomic mass is 19.2. The summed E-state index contributed by atoms with van der Waals surface area (Å²) in [5.74, 6) is -6.89. The van der Waals surface area contributed by atoms with Crippen LogP contribution in [-0.4, -0.2) is 35.0 Å². The molecule has 4 nitrogen and oxygen atoms in total. The van der Waals surface area contributed by atoms with Gasteiger partial charge in [-0.15, -0.1) is 0 Å². The van der Waals surface area contributed by atoms with Crippen LogP contribution in [0.2, 0.25) is 0 Å². The van der Waals surface area contributed by atoms with Crippen molar-refractivity contribution in [2.75, 3.05) is 13.1 Å². The lowest BCUT2D eigenvalue weighted by atomic mass is 9.97. The molecule has 2 rings (SSSR count). The van der Waals surface area contributed by atoms with Crippen LogP contribution in [0.4, 0.5) is 13.2 Å². The number of likely N-dealkylation sites (tertiary alicyclic amines) is 1. The quantitative estimate of drug-likeness (QED) is 0.847. The summed E-state index contributed by atoms with van der Waals surface area (Å²) < 4.78 is 40.2. The highest BCUT2D eigenvalue weighted by Crippen LogP contribution is 2.22. The number of halogens is 3. The van der Waals surface area contributed by atoms with Gasteiger partial charge in [0.15, 0.2) is 11.6 Å². The predicted molar refractivity (Wildman–Crippen MR) is 62.6 cm³/mol. The van der Waals surface area contributed by atoms with Crippen molar-refractivity contribution in [3.8, 4) is 0 Å². The molecule has 1 heterocycles. The second kappa shape index (κ2) is 5.52. The smallest absolute Gasteiger partial charge is 0.308 e. The Morgan fingerprint density at radius 1 is 1.20 bits per heavy atom. The molecule has 0 bridgehead atoms. The molecule has 1 aromatic carbocycles. The largest absolute Gasteiger partial charge is 0.481 e. The van der Waals surface area contributed by atoms with E-state index in [0.717, 1.165) is 4.90 Å². The molecule has 1 aliphatic heterocycles. The van der Waals surface area contributed by atoms with Crippen LogP contribution >= 0.6 is 0 Å². The van der Waals surface area contributed by atoms with Gasteiger partial charge in [-0.2, -0.15) is 0 Å². The van der Waals surface area contributed by atoms with Crippen LogP contribution in [0.3, 0.4) is 0 Å². The average molecular weight is 287 g/mol. The number of hydrogen-bond donors (Lipinski definition) is 1. The van der Waals surface area contributed by atoms with Crippen molar-refractivity contribution >= 4 is 11.9 Å². The molecule has 108 valence electrons. The van der Waals surface area contributed by atoms with Gasteiger partial charge in [0.2, 0.25) is 0 Å². The van der Waals surface area contributed by atoms with Gasteiger partial charge in [-0.1, -0.05) is 0 Å². The molecule has 1 unspecified atom stereocenters. The highest BCUT2D eigenvalue weighted by Gasteiger charge is 2.31. The van der Waals surface area contributed by atoms with Crippen LogP contribution in [-0.2, 0) is 4.79 Å². The number of aliphatic carboxylic acids is 1. The summed E-state index contributed by atoms with van der Waals surface area (Å²) in [5, 5.41) is 8.92. The van der Waals surface area contributed by atoms with E-state index in [9.17, 15) is 22.8 Å². The van der Waals surface area contributed by atoms with Crippen molar-refractivity contribution in [1.82, 2.24) is 4.90 Å². The van der Waals surface area contributed by atoms with Crippen molar-refractivity contribution in [3.05, 3.63) is 35.1 Å². The van der Waals surface area contributed by atoms with E-state index in [2.05, 4.69) is 0 Å². The number of carbonyl (C=O) groups excluding carboxylic acids is 1. The van der Waals surface area contributed by atoms with Crippen LogP contribution in [0.5, 0.6) is 0 Å². The number of rotatable bonds is 2.